The molecule has 2 aliphatic rings. The Morgan fingerprint density at radius 3 is 2.96 bits per heavy atom. The van der Waals surface area contributed by atoms with Gasteiger partial charge in [-0.1, -0.05) is 30.7 Å². The van der Waals surface area contributed by atoms with Gasteiger partial charge in [0, 0.05) is 13.0 Å². The van der Waals surface area contributed by atoms with Gasteiger partial charge in [0.15, 0.2) is 5.82 Å². The number of rotatable bonds is 3. The number of benzene rings is 1. The van der Waals surface area contributed by atoms with Gasteiger partial charge in [-0.3, -0.25) is 4.79 Å². The lowest BCUT2D eigenvalue weighted by atomic mass is 9.82. The van der Waals surface area contributed by atoms with Gasteiger partial charge in [-0.25, -0.2) is 0 Å². The van der Waals surface area contributed by atoms with Crippen molar-refractivity contribution in [1.29, 1.82) is 0 Å². The second-order valence-corrected chi connectivity index (χ2v) is 7.31. The predicted molar refractivity (Wildman–Crippen MR) is 96.3 cm³/mol. The van der Waals surface area contributed by atoms with Gasteiger partial charge in [0.2, 0.25) is 5.91 Å². The van der Waals surface area contributed by atoms with Crippen LogP contribution in [0.15, 0.2) is 24.3 Å². The lowest BCUT2D eigenvalue weighted by Crippen LogP contribution is -2.34. The lowest BCUT2D eigenvalue weighted by molar-refractivity contribution is -0.123. The van der Waals surface area contributed by atoms with E-state index in [0.717, 1.165) is 50.3 Å². The van der Waals surface area contributed by atoms with E-state index in [-0.39, 0.29) is 17.9 Å². The Hall–Kier alpha value is -2.17. The van der Waals surface area contributed by atoms with Crippen molar-refractivity contribution in [3.63, 3.8) is 0 Å². The third kappa shape index (κ3) is 3.20. The first-order valence-electron chi connectivity index (χ1n) is 9.54. The van der Waals surface area contributed by atoms with Crippen LogP contribution < -0.4 is 5.32 Å². The zero-order valence-electron chi connectivity index (χ0n) is 14.9. The maximum Gasteiger partial charge on any atom is 0.228 e. The molecule has 0 unspecified atom stereocenters. The molecule has 0 fully saturated rings. The quantitative estimate of drug-likeness (QED) is 0.934. The van der Waals surface area contributed by atoms with Crippen molar-refractivity contribution in [3.05, 3.63) is 47.0 Å². The van der Waals surface area contributed by atoms with Crippen molar-refractivity contribution >= 4 is 5.91 Å². The molecule has 1 aliphatic carbocycles. The number of amides is 1. The Kier molecular flexibility index (Phi) is 4.55. The molecule has 1 amide bonds. The maximum atomic E-state index is 12.9. The van der Waals surface area contributed by atoms with E-state index < -0.39 is 0 Å². The van der Waals surface area contributed by atoms with Gasteiger partial charge >= 0.3 is 0 Å². The maximum absolute atomic E-state index is 12.9. The number of nitrogens with zero attached hydrogens (tertiary/aromatic N) is 3. The van der Waals surface area contributed by atoms with Crippen LogP contribution in [-0.2, 0) is 24.2 Å². The number of carbonyl (C=O) groups excluding carboxylic acids is 1. The molecule has 0 saturated carbocycles. The van der Waals surface area contributed by atoms with Gasteiger partial charge in [0.05, 0.1) is 12.0 Å². The summed E-state index contributed by atoms with van der Waals surface area (Å²) < 4.78 is 2.22. The molecule has 5 nitrogen and oxygen atoms in total. The highest BCUT2D eigenvalue weighted by Gasteiger charge is 2.28. The Bertz CT molecular complexity index is 767. The molecule has 0 spiro atoms. The topological polar surface area (TPSA) is 59.8 Å². The third-order valence-electron chi connectivity index (χ3n) is 5.57. The van der Waals surface area contributed by atoms with Crippen LogP contribution in [0.5, 0.6) is 0 Å². The van der Waals surface area contributed by atoms with E-state index in [1.54, 1.807) is 0 Å². The summed E-state index contributed by atoms with van der Waals surface area (Å²) in [5, 5.41) is 11.9. The molecular weight excluding hydrogens is 312 g/mol. The van der Waals surface area contributed by atoms with Gasteiger partial charge < -0.3 is 9.88 Å². The van der Waals surface area contributed by atoms with E-state index in [1.165, 1.54) is 24.0 Å². The number of aromatic nitrogens is 3. The largest absolute Gasteiger partial charge is 0.346 e. The summed E-state index contributed by atoms with van der Waals surface area (Å²) >= 11 is 0. The Balaban J connectivity index is 1.51. The van der Waals surface area contributed by atoms with Crippen LogP contribution in [0.3, 0.4) is 0 Å². The second kappa shape index (κ2) is 6.98. The molecule has 1 aromatic carbocycles. The standard InChI is InChI=1S/C20H26N4O/c1-14(19-23-22-18-12-3-2-6-13-24(18)19)21-20(25)17-11-7-9-15-8-4-5-10-16(15)17/h4-5,8,10,14,17H,2-3,6-7,9,11-13H2,1H3,(H,21,25)/t14-,17+/m0/s1. The normalized spacial score (nSPS) is 20.9. The Morgan fingerprint density at radius 1 is 1.16 bits per heavy atom. The fourth-order valence-corrected chi connectivity index (χ4v) is 4.23. The van der Waals surface area contributed by atoms with Gasteiger partial charge in [-0.15, -0.1) is 10.2 Å². The summed E-state index contributed by atoms with van der Waals surface area (Å²) in [6.07, 6.45) is 7.64. The van der Waals surface area contributed by atoms with Crippen molar-refractivity contribution < 1.29 is 4.79 Å². The zero-order chi connectivity index (χ0) is 17.2. The van der Waals surface area contributed by atoms with E-state index >= 15 is 0 Å². The molecule has 2 heterocycles. The fraction of sp³-hybridized carbons (Fsp3) is 0.550. The summed E-state index contributed by atoms with van der Waals surface area (Å²) in [7, 11) is 0. The first-order chi connectivity index (χ1) is 12.2. The minimum atomic E-state index is -0.110. The number of hydrogen-bond donors (Lipinski definition) is 1. The Labute approximate surface area is 148 Å². The molecule has 2 aromatic rings. The number of fused-ring (bicyclic) bond motifs is 2. The fourth-order valence-electron chi connectivity index (χ4n) is 4.23. The third-order valence-corrected chi connectivity index (χ3v) is 5.57. The number of aryl methyl sites for hydroxylation is 2. The SMILES string of the molecule is C[C@H](NC(=O)[C@@H]1CCCc2ccccc21)c1nnc2n1CCCCC2. The molecule has 1 aliphatic heterocycles. The van der Waals surface area contributed by atoms with Gasteiger partial charge in [-0.05, 0) is 50.2 Å². The van der Waals surface area contributed by atoms with Crippen LogP contribution in [0.25, 0.3) is 0 Å². The monoisotopic (exact) mass is 338 g/mol. The van der Waals surface area contributed by atoms with Crippen molar-refractivity contribution in [2.75, 3.05) is 0 Å². The van der Waals surface area contributed by atoms with Gasteiger partial charge in [0.1, 0.15) is 5.82 Å². The molecule has 0 saturated heterocycles. The van der Waals surface area contributed by atoms with E-state index in [1.807, 2.05) is 13.0 Å². The molecule has 1 aromatic heterocycles. The number of nitrogens with one attached hydrogen (secondary N) is 1. The minimum absolute atomic E-state index is 0.0427. The molecule has 1 N–H and O–H groups in total. The van der Waals surface area contributed by atoms with E-state index in [4.69, 9.17) is 0 Å². The van der Waals surface area contributed by atoms with Crippen molar-refractivity contribution in [2.45, 2.75) is 70.4 Å². The lowest BCUT2D eigenvalue weighted by Gasteiger charge is -2.26. The predicted octanol–water partition coefficient (Wildman–Crippen LogP) is 3.30. The number of carbonyl (C=O) groups is 1. The summed E-state index contributed by atoms with van der Waals surface area (Å²) in [4.78, 5) is 12.9. The summed E-state index contributed by atoms with van der Waals surface area (Å²) in [6, 6.07) is 8.24. The van der Waals surface area contributed by atoms with E-state index in [0.29, 0.717) is 0 Å². The first-order valence-corrected chi connectivity index (χ1v) is 9.54. The van der Waals surface area contributed by atoms with E-state index in [9.17, 15) is 4.79 Å². The summed E-state index contributed by atoms with van der Waals surface area (Å²) in [6.45, 7) is 2.99. The molecule has 132 valence electrons. The second-order valence-electron chi connectivity index (χ2n) is 7.31. The van der Waals surface area contributed by atoms with Crippen LogP contribution in [-0.4, -0.2) is 20.7 Å². The highest BCUT2D eigenvalue weighted by molar-refractivity contribution is 5.84. The average Bonchev–Trinajstić information content (AvgIpc) is 2.90. The zero-order valence-corrected chi connectivity index (χ0v) is 14.9. The van der Waals surface area contributed by atoms with Crippen molar-refractivity contribution in [3.8, 4) is 0 Å². The number of hydrogen-bond acceptors (Lipinski definition) is 3. The van der Waals surface area contributed by atoms with Crippen LogP contribution in [0, 0.1) is 0 Å². The summed E-state index contributed by atoms with van der Waals surface area (Å²) in [5.41, 5.74) is 2.51. The molecule has 0 radical (unpaired) electrons. The smallest absolute Gasteiger partial charge is 0.228 e. The van der Waals surface area contributed by atoms with Crippen LogP contribution >= 0.6 is 0 Å². The average molecular weight is 338 g/mol. The molecule has 2 atom stereocenters. The van der Waals surface area contributed by atoms with Crippen LogP contribution in [0.4, 0.5) is 0 Å². The van der Waals surface area contributed by atoms with Gasteiger partial charge in [0.25, 0.3) is 0 Å². The Morgan fingerprint density at radius 2 is 2.04 bits per heavy atom. The highest BCUT2D eigenvalue weighted by atomic mass is 16.2. The summed E-state index contributed by atoms with van der Waals surface area (Å²) in [5.74, 6) is 2.04. The van der Waals surface area contributed by atoms with Crippen molar-refractivity contribution in [2.24, 2.45) is 0 Å². The van der Waals surface area contributed by atoms with Crippen LogP contribution in [0.2, 0.25) is 0 Å². The molecule has 0 bridgehead atoms. The van der Waals surface area contributed by atoms with E-state index in [2.05, 4.69) is 38.3 Å². The van der Waals surface area contributed by atoms with Gasteiger partial charge in [-0.2, -0.15) is 0 Å². The molecular formula is C20H26N4O. The van der Waals surface area contributed by atoms with Crippen molar-refractivity contribution in [1.82, 2.24) is 20.1 Å². The highest BCUT2D eigenvalue weighted by Crippen LogP contribution is 2.32. The molecule has 4 rings (SSSR count). The minimum Gasteiger partial charge on any atom is -0.346 e. The van der Waals surface area contributed by atoms with Crippen LogP contribution in [0.1, 0.15) is 73.8 Å². The molecule has 25 heavy (non-hydrogen) atoms. The first kappa shape index (κ1) is 16.3. The molecule has 5 heteroatoms.